The SMILES string of the molecule is COC(=O)C1CN(CC(=O)NC(=O)c2ccco2)CCO1. The second-order valence-corrected chi connectivity index (χ2v) is 4.47. The number of hydrogen-bond donors (Lipinski definition) is 1. The van der Waals surface area contributed by atoms with Gasteiger partial charge in [-0.25, -0.2) is 4.79 Å². The van der Waals surface area contributed by atoms with Gasteiger partial charge in [-0.05, 0) is 12.1 Å². The van der Waals surface area contributed by atoms with Crippen molar-refractivity contribution in [1.29, 1.82) is 0 Å². The molecule has 2 heterocycles. The number of methoxy groups -OCH3 is 1. The fraction of sp³-hybridized carbons (Fsp3) is 0.462. The van der Waals surface area contributed by atoms with E-state index < -0.39 is 23.9 Å². The van der Waals surface area contributed by atoms with Crippen molar-refractivity contribution in [3.63, 3.8) is 0 Å². The third-order valence-corrected chi connectivity index (χ3v) is 2.98. The number of nitrogens with zero attached hydrogens (tertiary/aromatic N) is 1. The number of imide groups is 1. The maximum absolute atomic E-state index is 11.8. The highest BCUT2D eigenvalue weighted by molar-refractivity contribution is 6.03. The van der Waals surface area contributed by atoms with Gasteiger partial charge in [0.2, 0.25) is 5.91 Å². The average Bonchev–Trinajstić information content (AvgIpc) is 3.00. The molecule has 8 heteroatoms. The first-order chi connectivity index (χ1) is 10.1. The van der Waals surface area contributed by atoms with Gasteiger partial charge in [0.05, 0.1) is 26.5 Å². The van der Waals surface area contributed by atoms with E-state index in [4.69, 9.17) is 9.15 Å². The van der Waals surface area contributed by atoms with Crippen LogP contribution in [0.25, 0.3) is 0 Å². The highest BCUT2D eigenvalue weighted by Crippen LogP contribution is 2.06. The van der Waals surface area contributed by atoms with Crippen molar-refractivity contribution in [3.8, 4) is 0 Å². The number of morpholine rings is 1. The minimum Gasteiger partial charge on any atom is -0.467 e. The van der Waals surface area contributed by atoms with E-state index in [1.807, 2.05) is 0 Å². The molecule has 1 saturated heterocycles. The smallest absolute Gasteiger partial charge is 0.336 e. The third-order valence-electron chi connectivity index (χ3n) is 2.98. The second-order valence-electron chi connectivity index (χ2n) is 4.47. The molecule has 1 N–H and O–H groups in total. The fourth-order valence-electron chi connectivity index (χ4n) is 1.96. The van der Waals surface area contributed by atoms with Gasteiger partial charge in [0.15, 0.2) is 11.9 Å². The van der Waals surface area contributed by atoms with Crippen molar-refractivity contribution in [1.82, 2.24) is 10.2 Å². The summed E-state index contributed by atoms with van der Waals surface area (Å²) in [5.74, 6) is -1.48. The number of rotatable bonds is 4. The molecule has 2 amide bonds. The zero-order valence-corrected chi connectivity index (χ0v) is 11.5. The van der Waals surface area contributed by atoms with Crippen LogP contribution in [0.5, 0.6) is 0 Å². The minimum atomic E-state index is -0.711. The number of hydrogen-bond acceptors (Lipinski definition) is 7. The molecule has 0 spiro atoms. The first-order valence-corrected chi connectivity index (χ1v) is 6.39. The van der Waals surface area contributed by atoms with Crippen LogP contribution in [0, 0.1) is 0 Å². The topological polar surface area (TPSA) is 98.1 Å². The van der Waals surface area contributed by atoms with E-state index in [0.29, 0.717) is 13.2 Å². The van der Waals surface area contributed by atoms with Crippen molar-refractivity contribution in [2.24, 2.45) is 0 Å². The number of carbonyl (C=O) groups is 3. The first-order valence-electron chi connectivity index (χ1n) is 6.39. The van der Waals surface area contributed by atoms with Gasteiger partial charge in [0.25, 0.3) is 5.91 Å². The van der Waals surface area contributed by atoms with Crippen LogP contribution in [0.1, 0.15) is 10.6 Å². The second kappa shape index (κ2) is 7.00. The predicted octanol–water partition coefficient (Wildman–Crippen LogP) is -0.590. The van der Waals surface area contributed by atoms with Gasteiger partial charge >= 0.3 is 5.97 Å². The van der Waals surface area contributed by atoms with Gasteiger partial charge < -0.3 is 13.9 Å². The molecule has 0 saturated carbocycles. The molecule has 8 nitrogen and oxygen atoms in total. The Kier molecular flexibility index (Phi) is 5.07. The summed E-state index contributed by atoms with van der Waals surface area (Å²) in [5.41, 5.74) is 0. The lowest BCUT2D eigenvalue weighted by Crippen LogP contribution is -2.50. The lowest BCUT2D eigenvalue weighted by Gasteiger charge is -2.30. The van der Waals surface area contributed by atoms with Crippen LogP contribution >= 0.6 is 0 Å². The molecule has 0 aliphatic carbocycles. The molecule has 1 fully saturated rings. The summed E-state index contributed by atoms with van der Waals surface area (Å²) in [7, 11) is 1.28. The minimum absolute atomic E-state index is 0.0106. The number of amides is 2. The normalized spacial score (nSPS) is 19.0. The number of carbonyl (C=O) groups excluding carboxylic acids is 3. The summed E-state index contributed by atoms with van der Waals surface area (Å²) < 4.78 is 14.7. The molecule has 114 valence electrons. The molecule has 2 rings (SSSR count). The van der Waals surface area contributed by atoms with E-state index in [1.165, 1.54) is 19.4 Å². The average molecular weight is 296 g/mol. The molecule has 0 aromatic carbocycles. The molecule has 1 aromatic heterocycles. The quantitative estimate of drug-likeness (QED) is 0.741. The van der Waals surface area contributed by atoms with Crippen LogP contribution in [0.2, 0.25) is 0 Å². The molecule has 1 aliphatic heterocycles. The Morgan fingerprint density at radius 2 is 2.29 bits per heavy atom. The third kappa shape index (κ3) is 4.14. The number of ether oxygens (including phenoxy) is 2. The van der Waals surface area contributed by atoms with E-state index in [9.17, 15) is 14.4 Å². The predicted molar refractivity (Wildman–Crippen MR) is 69.4 cm³/mol. The molecule has 0 bridgehead atoms. The molecule has 1 atom stereocenters. The lowest BCUT2D eigenvalue weighted by molar-refractivity contribution is -0.160. The summed E-state index contributed by atoms with van der Waals surface area (Å²) in [5, 5.41) is 2.22. The number of nitrogens with one attached hydrogen (secondary N) is 1. The molecule has 0 radical (unpaired) electrons. The van der Waals surface area contributed by atoms with Gasteiger partial charge in [0.1, 0.15) is 0 Å². The lowest BCUT2D eigenvalue weighted by atomic mass is 10.2. The van der Waals surface area contributed by atoms with Gasteiger partial charge in [-0.15, -0.1) is 0 Å². The zero-order chi connectivity index (χ0) is 15.2. The van der Waals surface area contributed by atoms with Crippen LogP contribution in [0.3, 0.4) is 0 Å². The fourth-order valence-corrected chi connectivity index (χ4v) is 1.96. The van der Waals surface area contributed by atoms with Crippen LogP contribution < -0.4 is 5.32 Å². The molecule has 21 heavy (non-hydrogen) atoms. The molecule has 1 unspecified atom stereocenters. The highest BCUT2D eigenvalue weighted by Gasteiger charge is 2.28. The molecule has 1 aliphatic rings. The molecule has 1 aromatic rings. The number of furan rings is 1. The Morgan fingerprint density at radius 3 is 2.95 bits per heavy atom. The summed E-state index contributed by atoms with van der Waals surface area (Å²) in [6.45, 7) is 1.05. The first kappa shape index (κ1) is 15.2. The summed E-state index contributed by atoms with van der Waals surface area (Å²) >= 11 is 0. The van der Waals surface area contributed by atoms with E-state index in [1.54, 1.807) is 11.0 Å². The van der Waals surface area contributed by atoms with Crippen molar-refractivity contribution < 1.29 is 28.3 Å². The Hall–Kier alpha value is -2.19. The molecular weight excluding hydrogens is 280 g/mol. The monoisotopic (exact) mass is 296 g/mol. The van der Waals surface area contributed by atoms with E-state index in [0.717, 1.165) is 0 Å². The maximum Gasteiger partial charge on any atom is 0.336 e. The van der Waals surface area contributed by atoms with Gasteiger partial charge in [-0.3, -0.25) is 19.8 Å². The van der Waals surface area contributed by atoms with Crippen LogP contribution in [-0.2, 0) is 19.1 Å². The number of esters is 1. The zero-order valence-electron chi connectivity index (χ0n) is 11.5. The van der Waals surface area contributed by atoms with E-state index in [2.05, 4.69) is 10.1 Å². The van der Waals surface area contributed by atoms with Gasteiger partial charge in [-0.2, -0.15) is 0 Å². The Labute approximate surface area is 121 Å². The Morgan fingerprint density at radius 1 is 1.48 bits per heavy atom. The van der Waals surface area contributed by atoms with Crippen molar-refractivity contribution in [2.75, 3.05) is 33.4 Å². The Bertz CT molecular complexity index is 513. The Balaban J connectivity index is 1.82. The largest absolute Gasteiger partial charge is 0.467 e. The maximum atomic E-state index is 11.8. The standard InChI is InChI=1S/C13H16N2O6/c1-19-13(18)10-7-15(4-6-21-10)8-11(16)14-12(17)9-3-2-5-20-9/h2-3,5,10H,4,6-8H2,1H3,(H,14,16,17). The summed E-state index contributed by atoms with van der Waals surface area (Å²) in [6, 6.07) is 3.02. The van der Waals surface area contributed by atoms with Gasteiger partial charge in [-0.1, -0.05) is 0 Å². The van der Waals surface area contributed by atoms with E-state index >= 15 is 0 Å². The van der Waals surface area contributed by atoms with Crippen LogP contribution in [0.15, 0.2) is 22.8 Å². The summed E-state index contributed by atoms with van der Waals surface area (Å²) in [6.07, 6.45) is 0.639. The highest BCUT2D eigenvalue weighted by atomic mass is 16.6. The van der Waals surface area contributed by atoms with E-state index in [-0.39, 0.29) is 18.8 Å². The molecular formula is C13H16N2O6. The van der Waals surface area contributed by atoms with Crippen LogP contribution in [-0.4, -0.2) is 62.1 Å². The van der Waals surface area contributed by atoms with Crippen molar-refractivity contribution >= 4 is 17.8 Å². The van der Waals surface area contributed by atoms with Crippen molar-refractivity contribution in [2.45, 2.75) is 6.10 Å². The van der Waals surface area contributed by atoms with Gasteiger partial charge in [0, 0.05) is 13.1 Å². The summed E-state index contributed by atoms with van der Waals surface area (Å²) in [4.78, 5) is 36.5. The van der Waals surface area contributed by atoms with Crippen LogP contribution in [0.4, 0.5) is 0 Å². The van der Waals surface area contributed by atoms with Crippen molar-refractivity contribution in [3.05, 3.63) is 24.2 Å².